The Hall–Kier alpha value is -1.46. The number of benzene rings is 1. The van der Waals surface area contributed by atoms with Gasteiger partial charge in [0.2, 0.25) is 5.75 Å². The lowest BCUT2D eigenvalue weighted by molar-refractivity contribution is 0.156. The standard InChI is InChI=1S/C16H26N2O3/c1-11(2)3-5-13(18-9-7-17-8-10-18)12-4-6-14(19)16(21)15(12)20/h4,6,11,13,17,19-21H,3,5,7-10H2,1-2H3/t13-/m1/s1. The second-order valence-electron chi connectivity index (χ2n) is 6.14. The number of rotatable bonds is 5. The van der Waals surface area contributed by atoms with Gasteiger partial charge in [-0.05, 0) is 30.9 Å². The molecule has 5 nitrogen and oxygen atoms in total. The molecule has 0 aliphatic carbocycles. The fraction of sp³-hybridized carbons (Fsp3) is 0.625. The molecule has 2 rings (SSSR count). The molecule has 4 N–H and O–H groups in total. The van der Waals surface area contributed by atoms with E-state index in [2.05, 4.69) is 24.1 Å². The molecule has 0 aromatic heterocycles. The van der Waals surface area contributed by atoms with Gasteiger partial charge in [-0.15, -0.1) is 0 Å². The van der Waals surface area contributed by atoms with Crippen molar-refractivity contribution in [1.82, 2.24) is 10.2 Å². The summed E-state index contributed by atoms with van der Waals surface area (Å²) in [5.41, 5.74) is 0.702. The van der Waals surface area contributed by atoms with Gasteiger partial charge >= 0.3 is 0 Å². The van der Waals surface area contributed by atoms with E-state index in [-0.39, 0.29) is 17.5 Å². The van der Waals surface area contributed by atoms with Gasteiger partial charge in [0.15, 0.2) is 11.5 Å². The minimum Gasteiger partial charge on any atom is -0.504 e. The van der Waals surface area contributed by atoms with Crippen molar-refractivity contribution >= 4 is 0 Å². The SMILES string of the molecule is CC(C)CC[C@H](c1ccc(O)c(O)c1O)N1CCNCC1. The molecule has 1 heterocycles. The van der Waals surface area contributed by atoms with Crippen LogP contribution in [0, 0.1) is 5.92 Å². The van der Waals surface area contributed by atoms with Crippen molar-refractivity contribution < 1.29 is 15.3 Å². The minimum absolute atomic E-state index is 0.0704. The maximum absolute atomic E-state index is 10.2. The summed E-state index contributed by atoms with van der Waals surface area (Å²) in [7, 11) is 0. The lowest BCUT2D eigenvalue weighted by atomic mass is 9.94. The summed E-state index contributed by atoms with van der Waals surface area (Å²) in [4.78, 5) is 2.34. The maximum atomic E-state index is 10.2. The van der Waals surface area contributed by atoms with E-state index in [1.165, 1.54) is 6.07 Å². The summed E-state index contributed by atoms with van der Waals surface area (Å²) < 4.78 is 0. The molecule has 118 valence electrons. The third kappa shape index (κ3) is 3.80. The molecule has 21 heavy (non-hydrogen) atoms. The van der Waals surface area contributed by atoms with Gasteiger partial charge in [-0.2, -0.15) is 0 Å². The topological polar surface area (TPSA) is 76.0 Å². The summed E-state index contributed by atoms with van der Waals surface area (Å²) in [6.45, 7) is 8.08. The second-order valence-corrected chi connectivity index (χ2v) is 6.14. The van der Waals surface area contributed by atoms with E-state index in [0.717, 1.165) is 39.0 Å². The van der Waals surface area contributed by atoms with Crippen LogP contribution in [0.25, 0.3) is 0 Å². The summed E-state index contributed by atoms with van der Waals surface area (Å²) in [5, 5.41) is 32.8. The van der Waals surface area contributed by atoms with Crippen LogP contribution in [-0.2, 0) is 0 Å². The van der Waals surface area contributed by atoms with Gasteiger partial charge in [0.25, 0.3) is 0 Å². The number of hydrogen-bond donors (Lipinski definition) is 4. The van der Waals surface area contributed by atoms with E-state index in [9.17, 15) is 15.3 Å². The molecule has 0 unspecified atom stereocenters. The average molecular weight is 294 g/mol. The van der Waals surface area contributed by atoms with Crippen molar-refractivity contribution in [3.63, 3.8) is 0 Å². The number of aromatic hydroxyl groups is 3. The highest BCUT2D eigenvalue weighted by molar-refractivity contribution is 5.54. The number of piperazine rings is 1. The number of phenols is 3. The normalized spacial score (nSPS) is 18.0. The molecule has 1 fully saturated rings. The minimum atomic E-state index is -0.419. The van der Waals surface area contributed by atoms with E-state index in [0.29, 0.717) is 11.5 Å². The largest absolute Gasteiger partial charge is 0.504 e. The number of hydrogen-bond acceptors (Lipinski definition) is 5. The zero-order chi connectivity index (χ0) is 15.4. The molecule has 1 aromatic carbocycles. The maximum Gasteiger partial charge on any atom is 0.200 e. The molecule has 1 aliphatic rings. The smallest absolute Gasteiger partial charge is 0.200 e. The predicted molar refractivity (Wildman–Crippen MR) is 82.7 cm³/mol. The Morgan fingerprint density at radius 2 is 1.71 bits per heavy atom. The Morgan fingerprint density at radius 1 is 1.05 bits per heavy atom. The van der Waals surface area contributed by atoms with Gasteiger partial charge in [0.05, 0.1) is 0 Å². The Balaban J connectivity index is 2.27. The predicted octanol–water partition coefficient (Wildman–Crippen LogP) is 2.19. The molecule has 1 saturated heterocycles. The van der Waals surface area contributed by atoms with Crippen molar-refractivity contribution in [1.29, 1.82) is 0 Å². The van der Waals surface area contributed by atoms with Crippen LogP contribution in [0.15, 0.2) is 12.1 Å². The molecule has 5 heteroatoms. The van der Waals surface area contributed by atoms with Crippen LogP contribution < -0.4 is 5.32 Å². The van der Waals surface area contributed by atoms with Crippen molar-refractivity contribution in [2.24, 2.45) is 5.92 Å². The van der Waals surface area contributed by atoms with E-state index < -0.39 is 5.75 Å². The van der Waals surface area contributed by atoms with Crippen LogP contribution in [0.3, 0.4) is 0 Å². The van der Waals surface area contributed by atoms with Gasteiger partial charge in [-0.1, -0.05) is 13.8 Å². The molecule has 0 radical (unpaired) electrons. The third-order valence-corrected chi connectivity index (χ3v) is 4.13. The Bertz CT molecular complexity index is 471. The van der Waals surface area contributed by atoms with Crippen LogP contribution in [0.5, 0.6) is 17.2 Å². The zero-order valence-corrected chi connectivity index (χ0v) is 12.8. The Kier molecular flexibility index (Phi) is 5.31. The molecule has 0 amide bonds. The highest BCUT2D eigenvalue weighted by Gasteiger charge is 2.26. The average Bonchev–Trinajstić information content (AvgIpc) is 2.48. The van der Waals surface area contributed by atoms with Gasteiger partial charge in [-0.3, -0.25) is 4.90 Å². The number of nitrogens with one attached hydrogen (secondary N) is 1. The lowest BCUT2D eigenvalue weighted by Gasteiger charge is -2.36. The summed E-state index contributed by atoms with van der Waals surface area (Å²) in [5.74, 6) is -0.304. The quantitative estimate of drug-likeness (QED) is 0.626. The third-order valence-electron chi connectivity index (χ3n) is 4.13. The Labute approximate surface area is 126 Å². The number of nitrogens with zero attached hydrogens (tertiary/aromatic N) is 1. The monoisotopic (exact) mass is 294 g/mol. The van der Waals surface area contributed by atoms with Gasteiger partial charge in [-0.25, -0.2) is 0 Å². The van der Waals surface area contributed by atoms with Gasteiger partial charge < -0.3 is 20.6 Å². The number of phenolic OH excluding ortho intramolecular Hbond substituents is 3. The van der Waals surface area contributed by atoms with Crippen molar-refractivity contribution in [2.75, 3.05) is 26.2 Å². The van der Waals surface area contributed by atoms with Crippen LogP contribution in [-0.4, -0.2) is 46.4 Å². The van der Waals surface area contributed by atoms with E-state index in [4.69, 9.17) is 0 Å². The summed E-state index contributed by atoms with van der Waals surface area (Å²) in [6, 6.07) is 3.24. The molecule has 1 aromatic rings. The van der Waals surface area contributed by atoms with E-state index >= 15 is 0 Å². The van der Waals surface area contributed by atoms with Crippen LogP contribution in [0.1, 0.15) is 38.3 Å². The molecule has 0 spiro atoms. The molecule has 0 saturated carbocycles. The molecule has 0 bridgehead atoms. The van der Waals surface area contributed by atoms with Crippen molar-refractivity contribution in [3.8, 4) is 17.2 Å². The van der Waals surface area contributed by atoms with E-state index in [1.54, 1.807) is 6.07 Å². The molecular formula is C16H26N2O3. The van der Waals surface area contributed by atoms with Crippen LogP contribution in [0.2, 0.25) is 0 Å². The highest BCUT2D eigenvalue weighted by atomic mass is 16.3. The lowest BCUT2D eigenvalue weighted by Crippen LogP contribution is -2.45. The first-order chi connectivity index (χ1) is 10.0. The van der Waals surface area contributed by atoms with Gasteiger partial charge in [0.1, 0.15) is 0 Å². The molecular weight excluding hydrogens is 268 g/mol. The molecule has 1 atom stereocenters. The summed E-state index contributed by atoms with van der Waals surface area (Å²) >= 11 is 0. The first-order valence-corrected chi connectivity index (χ1v) is 7.69. The fourth-order valence-electron chi connectivity index (χ4n) is 2.87. The molecule has 1 aliphatic heterocycles. The van der Waals surface area contributed by atoms with E-state index in [1.807, 2.05) is 0 Å². The van der Waals surface area contributed by atoms with Gasteiger partial charge in [0, 0.05) is 37.8 Å². The van der Waals surface area contributed by atoms with Crippen LogP contribution in [0.4, 0.5) is 0 Å². The second kappa shape index (κ2) is 7.00. The summed E-state index contributed by atoms with van der Waals surface area (Å²) in [6.07, 6.45) is 1.98. The van der Waals surface area contributed by atoms with Crippen LogP contribution >= 0.6 is 0 Å². The zero-order valence-electron chi connectivity index (χ0n) is 12.8. The fourth-order valence-corrected chi connectivity index (χ4v) is 2.87. The highest BCUT2D eigenvalue weighted by Crippen LogP contribution is 2.42. The first kappa shape index (κ1) is 15.9. The first-order valence-electron chi connectivity index (χ1n) is 7.69. The van der Waals surface area contributed by atoms with Crippen molar-refractivity contribution in [3.05, 3.63) is 17.7 Å². The Morgan fingerprint density at radius 3 is 2.33 bits per heavy atom. The van der Waals surface area contributed by atoms with Crippen molar-refractivity contribution in [2.45, 2.75) is 32.7 Å².